The predicted molar refractivity (Wildman–Crippen MR) is 91.2 cm³/mol. The minimum atomic E-state index is -0.100. The van der Waals surface area contributed by atoms with Gasteiger partial charge >= 0.3 is 0 Å². The molecule has 122 valence electrons. The molecule has 0 saturated carbocycles. The maximum Gasteiger partial charge on any atom is 0.0512 e. The monoisotopic (exact) mass is 284 g/mol. The summed E-state index contributed by atoms with van der Waals surface area (Å²) >= 11 is 0. The molecule has 0 unspecified atom stereocenters. The van der Waals surface area contributed by atoms with Crippen molar-refractivity contribution in [2.45, 2.75) is 123 Å². The van der Waals surface area contributed by atoms with Crippen LogP contribution in [0, 0.1) is 0 Å². The Hall–Kier alpha value is -0.0400. The van der Waals surface area contributed by atoms with E-state index in [1.807, 2.05) is 6.92 Å². The molecule has 1 N–H and O–H groups in total. The summed E-state index contributed by atoms with van der Waals surface area (Å²) in [5.74, 6) is 0. The van der Waals surface area contributed by atoms with Crippen LogP contribution in [-0.2, 0) is 0 Å². The van der Waals surface area contributed by atoms with Crippen molar-refractivity contribution in [3.8, 4) is 0 Å². The first kappa shape index (κ1) is 20.0. The first-order valence-electron chi connectivity index (χ1n) is 9.45. The molecule has 0 heterocycles. The van der Waals surface area contributed by atoms with Crippen molar-refractivity contribution in [2.24, 2.45) is 0 Å². The highest BCUT2D eigenvalue weighted by Crippen LogP contribution is 2.13. The fourth-order valence-corrected chi connectivity index (χ4v) is 2.81. The predicted octanol–water partition coefficient (Wildman–Crippen LogP) is 6.63. The molecule has 0 bridgehead atoms. The summed E-state index contributed by atoms with van der Waals surface area (Å²) in [5.41, 5.74) is 0. The number of aliphatic hydroxyl groups is 1. The number of hydrogen-bond donors (Lipinski definition) is 1. The first-order valence-corrected chi connectivity index (χ1v) is 9.45. The molecule has 0 aromatic carbocycles. The van der Waals surface area contributed by atoms with Crippen molar-refractivity contribution in [3.05, 3.63) is 0 Å². The molecule has 1 heteroatoms. The van der Waals surface area contributed by atoms with E-state index in [0.717, 1.165) is 6.42 Å². The quantitative estimate of drug-likeness (QED) is 0.315. The van der Waals surface area contributed by atoms with Crippen molar-refractivity contribution in [1.82, 2.24) is 0 Å². The molecule has 0 saturated heterocycles. The van der Waals surface area contributed by atoms with Gasteiger partial charge in [0.1, 0.15) is 0 Å². The summed E-state index contributed by atoms with van der Waals surface area (Å²) in [6.45, 7) is 4.18. The zero-order valence-corrected chi connectivity index (χ0v) is 14.3. The number of unbranched alkanes of at least 4 members (excludes halogenated alkanes) is 14. The zero-order chi connectivity index (χ0) is 14.9. The topological polar surface area (TPSA) is 20.2 Å². The van der Waals surface area contributed by atoms with Crippen LogP contribution < -0.4 is 0 Å². The molecular formula is C19H40O. The van der Waals surface area contributed by atoms with Gasteiger partial charge in [-0.25, -0.2) is 0 Å². The Morgan fingerprint density at radius 1 is 0.550 bits per heavy atom. The summed E-state index contributed by atoms with van der Waals surface area (Å²) in [6, 6.07) is 0. The molecule has 0 rings (SSSR count). The van der Waals surface area contributed by atoms with E-state index in [1.165, 1.54) is 96.3 Å². The van der Waals surface area contributed by atoms with Crippen LogP contribution in [-0.4, -0.2) is 11.2 Å². The molecule has 1 nitrogen and oxygen atoms in total. The van der Waals surface area contributed by atoms with Gasteiger partial charge in [0.2, 0.25) is 0 Å². The Labute approximate surface area is 128 Å². The third-order valence-electron chi connectivity index (χ3n) is 4.23. The summed E-state index contributed by atoms with van der Waals surface area (Å²) in [5, 5.41) is 9.16. The third kappa shape index (κ3) is 18.0. The summed E-state index contributed by atoms with van der Waals surface area (Å²) < 4.78 is 0. The molecule has 0 aliphatic rings. The zero-order valence-electron chi connectivity index (χ0n) is 14.3. The van der Waals surface area contributed by atoms with Gasteiger partial charge in [0.15, 0.2) is 0 Å². The Morgan fingerprint density at radius 3 is 1.15 bits per heavy atom. The molecule has 0 aliphatic carbocycles. The highest BCUT2D eigenvalue weighted by atomic mass is 16.3. The molecule has 0 amide bonds. The van der Waals surface area contributed by atoms with Crippen LogP contribution in [0.4, 0.5) is 0 Å². The molecular weight excluding hydrogens is 244 g/mol. The largest absolute Gasteiger partial charge is 0.393 e. The average molecular weight is 285 g/mol. The van der Waals surface area contributed by atoms with E-state index in [0.29, 0.717) is 0 Å². The van der Waals surface area contributed by atoms with Crippen LogP contribution >= 0.6 is 0 Å². The maximum atomic E-state index is 9.16. The number of hydrogen-bond acceptors (Lipinski definition) is 1. The van der Waals surface area contributed by atoms with Gasteiger partial charge in [-0.2, -0.15) is 0 Å². The minimum Gasteiger partial charge on any atom is -0.393 e. The van der Waals surface area contributed by atoms with Crippen molar-refractivity contribution in [2.75, 3.05) is 0 Å². The van der Waals surface area contributed by atoms with E-state index in [-0.39, 0.29) is 6.10 Å². The van der Waals surface area contributed by atoms with Crippen molar-refractivity contribution in [3.63, 3.8) is 0 Å². The fraction of sp³-hybridized carbons (Fsp3) is 1.00. The lowest BCUT2D eigenvalue weighted by atomic mass is 10.0. The van der Waals surface area contributed by atoms with Gasteiger partial charge in [0.05, 0.1) is 6.10 Å². The summed E-state index contributed by atoms with van der Waals surface area (Å²) in [7, 11) is 0. The normalized spacial score (nSPS) is 12.8. The van der Waals surface area contributed by atoms with E-state index >= 15 is 0 Å². The highest BCUT2D eigenvalue weighted by molar-refractivity contribution is 4.51. The van der Waals surface area contributed by atoms with E-state index < -0.39 is 0 Å². The van der Waals surface area contributed by atoms with Gasteiger partial charge < -0.3 is 5.11 Å². The van der Waals surface area contributed by atoms with E-state index in [2.05, 4.69) is 6.92 Å². The second kappa shape index (κ2) is 17.0. The highest BCUT2D eigenvalue weighted by Gasteiger charge is 1.96. The second-order valence-electron chi connectivity index (χ2n) is 6.59. The van der Waals surface area contributed by atoms with Gasteiger partial charge in [-0.15, -0.1) is 0 Å². The van der Waals surface area contributed by atoms with Gasteiger partial charge in [-0.1, -0.05) is 103 Å². The summed E-state index contributed by atoms with van der Waals surface area (Å²) in [4.78, 5) is 0. The van der Waals surface area contributed by atoms with Crippen molar-refractivity contribution < 1.29 is 5.11 Å². The number of rotatable bonds is 16. The van der Waals surface area contributed by atoms with Gasteiger partial charge in [-0.3, -0.25) is 0 Å². The molecule has 0 radical (unpaired) electrons. The molecule has 0 aromatic rings. The van der Waals surface area contributed by atoms with Crippen LogP contribution in [0.15, 0.2) is 0 Å². The van der Waals surface area contributed by atoms with Crippen LogP contribution in [0.2, 0.25) is 0 Å². The van der Waals surface area contributed by atoms with Crippen LogP contribution in [0.1, 0.15) is 117 Å². The molecule has 20 heavy (non-hydrogen) atoms. The molecule has 0 fully saturated rings. The Balaban J connectivity index is 2.92. The molecule has 0 aliphatic heterocycles. The fourth-order valence-electron chi connectivity index (χ4n) is 2.81. The SMILES string of the molecule is CCCCCCCCCCCCCCCCC[C@@H](C)O. The molecule has 1 atom stereocenters. The van der Waals surface area contributed by atoms with Crippen molar-refractivity contribution in [1.29, 1.82) is 0 Å². The van der Waals surface area contributed by atoms with Gasteiger partial charge in [-0.05, 0) is 13.3 Å². The van der Waals surface area contributed by atoms with Gasteiger partial charge in [0.25, 0.3) is 0 Å². The standard InChI is InChI=1S/C19H40O/c1-3-4-5-6-7-8-9-10-11-12-13-14-15-16-17-18-19(2)20/h19-20H,3-18H2,1-2H3/t19-/m1/s1. The minimum absolute atomic E-state index is 0.100. The lowest BCUT2D eigenvalue weighted by Crippen LogP contribution is -1.98. The molecule has 0 spiro atoms. The van der Waals surface area contributed by atoms with Gasteiger partial charge in [0, 0.05) is 0 Å². The van der Waals surface area contributed by atoms with Crippen molar-refractivity contribution >= 4 is 0 Å². The third-order valence-corrected chi connectivity index (χ3v) is 4.23. The van der Waals surface area contributed by atoms with E-state index in [4.69, 9.17) is 5.11 Å². The summed E-state index contributed by atoms with van der Waals surface area (Å²) in [6.07, 6.45) is 22.0. The first-order chi connectivity index (χ1) is 9.77. The van der Waals surface area contributed by atoms with Crippen LogP contribution in [0.5, 0.6) is 0 Å². The second-order valence-corrected chi connectivity index (χ2v) is 6.59. The van der Waals surface area contributed by atoms with Crippen LogP contribution in [0.3, 0.4) is 0 Å². The Bertz CT molecular complexity index is 165. The smallest absolute Gasteiger partial charge is 0.0512 e. The number of aliphatic hydroxyl groups excluding tert-OH is 1. The maximum absolute atomic E-state index is 9.16. The average Bonchev–Trinajstić information content (AvgIpc) is 2.43. The lowest BCUT2D eigenvalue weighted by molar-refractivity contribution is 0.180. The Kier molecular flexibility index (Phi) is 17.0. The van der Waals surface area contributed by atoms with E-state index in [1.54, 1.807) is 0 Å². The lowest BCUT2D eigenvalue weighted by Gasteiger charge is -2.04. The van der Waals surface area contributed by atoms with E-state index in [9.17, 15) is 0 Å². The van der Waals surface area contributed by atoms with Crippen LogP contribution in [0.25, 0.3) is 0 Å². The Morgan fingerprint density at radius 2 is 0.850 bits per heavy atom. The molecule has 0 aromatic heterocycles.